The first-order valence-electron chi connectivity index (χ1n) is 6.78. The van der Waals surface area contributed by atoms with E-state index in [-0.39, 0.29) is 10.6 Å². The van der Waals surface area contributed by atoms with Gasteiger partial charge in [-0.3, -0.25) is 4.57 Å². The number of benzene rings is 2. The van der Waals surface area contributed by atoms with Gasteiger partial charge in [0.15, 0.2) is 5.58 Å². The Hall–Kier alpha value is -1.81. The van der Waals surface area contributed by atoms with Crippen LogP contribution in [-0.4, -0.2) is 4.57 Å². The summed E-state index contributed by atoms with van der Waals surface area (Å²) in [6.07, 6.45) is 0. The van der Waals surface area contributed by atoms with Crippen LogP contribution in [0.25, 0.3) is 11.1 Å². The minimum absolute atomic E-state index is 0.0762. The molecule has 3 rings (SSSR count). The van der Waals surface area contributed by atoms with Crippen molar-refractivity contribution in [1.82, 2.24) is 4.57 Å². The smallest absolute Gasteiger partial charge is 0.408 e. The molecule has 0 bridgehead atoms. The normalized spacial score (nSPS) is 12.8. The highest BCUT2D eigenvalue weighted by Crippen LogP contribution is 2.34. The van der Waals surface area contributed by atoms with E-state index in [1.807, 2.05) is 18.2 Å². The first kappa shape index (κ1) is 14.1. The van der Waals surface area contributed by atoms with Crippen molar-refractivity contribution >= 4 is 27.0 Å². The van der Waals surface area contributed by atoms with E-state index >= 15 is 0 Å². The van der Waals surface area contributed by atoms with Crippen LogP contribution in [-0.2, 0) is 7.05 Å². The van der Waals surface area contributed by atoms with Crippen molar-refractivity contribution in [2.45, 2.75) is 18.7 Å². The lowest BCUT2D eigenvalue weighted by atomic mass is 9.98. The average Bonchev–Trinajstić information content (AvgIpc) is 2.75. The van der Waals surface area contributed by atoms with Crippen LogP contribution >= 0.6 is 15.9 Å². The topological polar surface area (TPSA) is 35.1 Å². The average molecular weight is 346 g/mol. The minimum atomic E-state index is -0.333. The fourth-order valence-corrected chi connectivity index (χ4v) is 3.30. The van der Waals surface area contributed by atoms with Crippen LogP contribution < -0.4 is 5.76 Å². The maximum Gasteiger partial charge on any atom is 0.419 e. The molecule has 2 aromatic carbocycles. The van der Waals surface area contributed by atoms with E-state index < -0.39 is 0 Å². The van der Waals surface area contributed by atoms with Crippen molar-refractivity contribution in [3.05, 3.63) is 69.2 Å². The monoisotopic (exact) mass is 345 g/mol. The number of hydrogen-bond donors (Lipinski definition) is 0. The van der Waals surface area contributed by atoms with E-state index in [1.54, 1.807) is 7.05 Å². The van der Waals surface area contributed by atoms with Crippen LogP contribution in [0.1, 0.15) is 27.1 Å². The van der Waals surface area contributed by atoms with E-state index in [4.69, 9.17) is 4.42 Å². The first-order valence-corrected chi connectivity index (χ1v) is 7.69. The number of hydrogen-bond acceptors (Lipinski definition) is 2. The van der Waals surface area contributed by atoms with Gasteiger partial charge < -0.3 is 4.42 Å². The van der Waals surface area contributed by atoms with Crippen molar-refractivity contribution in [2.75, 3.05) is 0 Å². The Bertz CT molecular complexity index is 876. The zero-order valence-corrected chi connectivity index (χ0v) is 13.8. The second-order valence-corrected chi connectivity index (χ2v) is 6.29. The van der Waals surface area contributed by atoms with Crippen LogP contribution in [0, 0.1) is 13.8 Å². The number of alkyl halides is 1. The van der Waals surface area contributed by atoms with Gasteiger partial charge in [0.05, 0.1) is 10.3 Å². The van der Waals surface area contributed by atoms with Crippen LogP contribution in [0.3, 0.4) is 0 Å². The zero-order chi connectivity index (χ0) is 15.1. The molecule has 1 unspecified atom stereocenters. The highest BCUT2D eigenvalue weighted by molar-refractivity contribution is 9.09. The van der Waals surface area contributed by atoms with Crippen LogP contribution in [0.15, 0.2) is 45.6 Å². The molecule has 108 valence electrons. The van der Waals surface area contributed by atoms with Crippen molar-refractivity contribution in [1.29, 1.82) is 0 Å². The van der Waals surface area contributed by atoms with Crippen molar-refractivity contribution < 1.29 is 4.42 Å². The zero-order valence-electron chi connectivity index (χ0n) is 12.2. The molecule has 3 aromatic rings. The Balaban J connectivity index is 2.11. The first-order chi connectivity index (χ1) is 9.97. The molecule has 0 aliphatic heterocycles. The molecule has 3 nitrogen and oxygen atoms in total. The predicted molar refractivity (Wildman–Crippen MR) is 88.1 cm³/mol. The van der Waals surface area contributed by atoms with Gasteiger partial charge in [-0.05, 0) is 42.7 Å². The van der Waals surface area contributed by atoms with Gasteiger partial charge in [-0.1, -0.05) is 45.8 Å². The highest BCUT2D eigenvalue weighted by atomic mass is 79.9. The van der Waals surface area contributed by atoms with Crippen molar-refractivity contribution in [2.24, 2.45) is 7.05 Å². The number of halogens is 1. The van der Waals surface area contributed by atoms with Gasteiger partial charge in [0, 0.05) is 7.05 Å². The number of aryl methyl sites for hydroxylation is 3. The molecule has 1 heterocycles. The number of fused-ring (bicyclic) bond motifs is 1. The van der Waals surface area contributed by atoms with Crippen molar-refractivity contribution in [3.63, 3.8) is 0 Å². The number of aromatic nitrogens is 1. The molecule has 1 atom stereocenters. The number of rotatable bonds is 2. The largest absolute Gasteiger partial charge is 0.419 e. The number of oxazole rings is 1. The van der Waals surface area contributed by atoms with Gasteiger partial charge >= 0.3 is 5.76 Å². The van der Waals surface area contributed by atoms with E-state index in [0.29, 0.717) is 5.58 Å². The van der Waals surface area contributed by atoms with E-state index in [1.165, 1.54) is 21.3 Å². The molecular formula is C17H16BrNO2. The van der Waals surface area contributed by atoms with Gasteiger partial charge in [0.2, 0.25) is 0 Å². The summed E-state index contributed by atoms with van der Waals surface area (Å²) in [5.74, 6) is -0.333. The van der Waals surface area contributed by atoms with E-state index in [9.17, 15) is 4.79 Å². The Morgan fingerprint density at radius 2 is 1.90 bits per heavy atom. The fourth-order valence-electron chi connectivity index (χ4n) is 2.52. The summed E-state index contributed by atoms with van der Waals surface area (Å²) in [5.41, 5.74) is 6.20. The van der Waals surface area contributed by atoms with Crippen molar-refractivity contribution in [3.8, 4) is 0 Å². The SMILES string of the molecule is Cc1ccc(C)c(C(Br)c2ccc3c(c2)oc(=O)n3C)c1. The molecule has 0 spiro atoms. The Morgan fingerprint density at radius 1 is 1.14 bits per heavy atom. The van der Waals surface area contributed by atoms with Gasteiger partial charge in [0.1, 0.15) is 0 Å². The maximum atomic E-state index is 11.6. The quantitative estimate of drug-likeness (QED) is 0.651. The van der Waals surface area contributed by atoms with E-state index in [0.717, 1.165) is 11.1 Å². The molecule has 1 aromatic heterocycles. The highest BCUT2D eigenvalue weighted by Gasteiger charge is 2.15. The maximum absolute atomic E-state index is 11.6. The van der Waals surface area contributed by atoms with Crippen LogP contribution in [0.5, 0.6) is 0 Å². The lowest BCUT2D eigenvalue weighted by Crippen LogP contribution is -2.08. The summed E-state index contributed by atoms with van der Waals surface area (Å²) in [6.45, 7) is 4.19. The molecular weight excluding hydrogens is 330 g/mol. The lowest BCUT2D eigenvalue weighted by molar-refractivity contribution is 0.528. The van der Waals surface area contributed by atoms with Gasteiger partial charge in [0.25, 0.3) is 0 Å². The molecule has 0 fully saturated rings. The molecule has 0 radical (unpaired) electrons. The Kier molecular flexibility index (Phi) is 3.49. The predicted octanol–water partition coefficient (Wildman–Crippen LogP) is 4.23. The Morgan fingerprint density at radius 3 is 2.67 bits per heavy atom. The summed E-state index contributed by atoms with van der Waals surface area (Å²) in [5, 5.41) is 0. The summed E-state index contributed by atoms with van der Waals surface area (Å²) in [6, 6.07) is 12.3. The van der Waals surface area contributed by atoms with Crippen LogP contribution in [0.2, 0.25) is 0 Å². The summed E-state index contributed by atoms with van der Waals surface area (Å²) in [4.78, 5) is 11.6. The molecule has 0 aliphatic carbocycles. The third-order valence-corrected chi connectivity index (χ3v) is 4.84. The lowest BCUT2D eigenvalue weighted by Gasteiger charge is -2.14. The number of nitrogens with zero attached hydrogens (tertiary/aromatic N) is 1. The summed E-state index contributed by atoms with van der Waals surface area (Å²) >= 11 is 3.76. The molecule has 0 saturated heterocycles. The standard InChI is InChI=1S/C17H16BrNO2/c1-10-4-5-11(2)13(8-10)16(18)12-6-7-14-15(9-12)21-17(20)19(14)3/h4-9,16H,1-3H3. The summed E-state index contributed by atoms with van der Waals surface area (Å²) in [7, 11) is 1.71. The van der Waals surface area contributed by atoms with Gasteiger partial charge in [-0.2, -0.15) is 0 Å². The molecule has 0 amide bonds. The third kappa shape index (κ3) is 2.44. The fraction of sp³-hybridized carbons (Fsp3) is 0.235. The van der Waals surface area contributed by atoms with Gasteiger partial charge in [-0.15, -0.1) is 0 Å². The Labute approximate surface area is 131 Å². The van der Waals surface area contributed by atoms with Gasteiger partial charge in [-0.25, -0.2) is 4.79 Å². The summed E-state index contributed by atoms with van der Waals surface area (Å²) < 4.78 is 6.78. The minimum Gasteiger partial charge on any atom is -0.408 e. The second kappa shape index (κ2) is 5.19. The van der Waals surface area contributed by atoms with E-state index in [2.05, 4.69) is 48.0 Å². The molecule has 0 N–H and O–H groups in total. The molecule has 0 aliphatic rings. The molecule has 21 heavy (non-hydrogen) atoms. The van der Waals surface area contributed by atoms with Crippen LogP contribution in [0.4, 0.5) is 0 Å². The molecule has 4 heteroatoms. The molecule has 0 saturated carbocycles. The second-order valence-electron chi connectivity index (χ2n) is 5.38. The third-order valence-electron chi connectivity index (χ3n) is 3.82.